The molecule has 2 aliphatic rings. The first-order valence-electron chi connectivity index (χ1n) is 5.00. The van der Waals surface area contributed by atoms with Crippen LogP contribution in [0.4, 0.5) is 0 Å². The normalized spacial score (nSPS) is 29.2. The molecule has 0 bridgehead atoms. The van der Waals surface area contributed by atoms with Crippen LogP contribution in [-0.2, 0) is 14.4 Å². The molecule has 2 heterocycles. The van der Waals surface area contributed by atoms with Gasteiger partial charge in [-0.3, -0.25) is 9.59 Å². The second-order valence-corrected chi connectivity index (χ2v) is 4.82. The lowest BCUT2D eigenvalue weighted by Gasteiger charge is -2.23. The zero-order chi connectivity index (χ0) is 11.7. The van der Waals surface area contributed by atoms with Crippen molar-refractivity contribution < 1.29 is 19.5 Å². The van der Waals surface area contributed by atoms with E-state index in [2.05, 4.69) is 5.32 Å². The summed E-state index contributed by atoms with van der Waals surface area (Å²) in [5.41, 5.74) is 0. The SMILES string of the molecule is O=C1CC[C@H](C(=O)N2CSCC2C(=O)O)N1. The van der Waals surface area contributed by atoms with Crippen molar-refractivity contribution in [2.24, 2.45) is 0 Å². The second-order valence-electron chi connectivity index (χ2n) is 3.82. The molecule has 0 aromatic rings. The first-order valence-corrected chi connectivity index (χ1v) is 6.15. The number of aliphatic carboxylic acids is 1. The summed E-state index contributed by atoms with van der Waals surface area (Å²) in [6.07, 6.45) is 0.806. The van der Waals surface area contributed by atoms with E-state index in [1.165, 1.54) is 16.7 Å². The molecule has 0 aromatic heterocycles. The summed E-state index contributed by atoms with van der Waals surface area (Å²) in [4.78, 5) is 35.2. The predicted octanol–water partition coefficient (Wildman–Crippen LogP) is -0.749. The van der Waals surface area contributed by atoms with Crippen LogP contribution in [0, 0.1) is 0 Å². The lowest BCUT2D eigenvalue weighted by molar-refractivity contribution is -0.148. The fourth-order valence-electron chi connectivity index (χ4n) is 1.86. The molecular formula is C9H12N2O4S. The van der Waals surface area contributed by atoms with Crippen LogP contribution in [0.1, 0.15) is 12.8 Å². The van der Waals surface area contributed by atoms with Gasteiger partial charge < -0.3 is 15.3 Å². The van der Waals surface area contributed by atoms with Crippen molar-refractivity contribution in [2.45, 2.75) is 24.9 Å². The second kappa shape index (κ2) is 4.32. The Bertz CT molecular complexity index is 346. The summed E-state index contributed by atoms with van der Waals surface area (Å²) in [5.74, 6) is -0.591. The summed E-state index contributed by atoms with van der Waals surface area (Å²) in [6, 6.07) is -1.29. The Morgan fingerprint density at radius 1 is 1.50 bits per heavy atom. The number of nitrogens with one attached hydrogen (secondary N) is 1. The number of carboxylic acid groups (broad SMARTS) is 1. The summed E-state index contributed by atoms with van der Waals surface area (Å²) >= 11 is 1.42. The zero-order valence-electron chi connectivity index (χ0n) is 8.51. The van der Waals surface area contributed by atoms with Gasteiger partial charge in [-0.15, -0.1) is 11.8 Å². The quantitative estimate of drug-likeness (QED) is 0.667. The van der Waals surface area contributed by atoms with Gasteiger partial charge in [0, 0.05) is 12.2 Å². The molecule has 0 aliphatic carbocycles. The van der Waals surface area contributed by atoms with Crippen molar-refractivity contribution in [1.82, 2.24) is 10.2 Å². The van der Waals surface area contributed by atoms with Gasteiger partial charge in [0.15, 0.2) is 0 Å². The van der Waals surface area contributed by atoms with Crippen molar-refractivity contribution in [1.29, 1.82) is 0 Å². The van der Waals surface area contributed by atoms with E-state index in [9.17, 15) is 14.4 Å². The molecule has 7 heteroatoms. The third-order valence-corrected chi connectivity index (χ3v) is 3.76. The maximum atomic E-state index is 11.9. The van der Waals surface area contributed by atoms with Crippen LogP contribution >= 0.6 is 11.8 Å². The third-order valence-electron chi connectivity index (χ3n) is 2.74. The van der Waals surface area contributed by atoms with Gasteiger partial charge in [0.1, 0.15) is 12.1 Å². The number of carboxylic acids is 1. The molecule has 2 N–H and O–H groups in total. The predicted molar refractivity (Wildman–Crippen MR) is 56.8 cm³/mol. The highest BCUT2D eigenvalue weighted by Gasteiger charge is 2.39. The van der Waals surface area contributed by atoms with Gasteiger partial charge in [0.05, 0.1) is 5.88 Å². The Morgan fingerprint density at radius 3 is 2.81 bits per heavy atom. The number of thioether (sulfide) groups is 1. The van der Waals surface area contributed by atoms with Crippen molar-refractivity contribution in [2.75, 3.05) is 11.6 Å². The number of hydrogen-bond donors (Lipinski definition) is 2. The fraction of sp³-hybridized carbons (Fsp3) is 0.667. The van der Waals surface area contributed by atoms with E-state index in [0.29, 0.717) is 24.5 Å². The van der Waals surface area contributed by atoms with Crippen LogP contribution in [0.25, 0.3) is 0 Å². The molecule has 0 spiro atoms. The average molecular weight is 244 g/mol. The molecule has 2 amide bonds. The van der Waals surface area contributed by atoms with Gasteiger partial charge in [0.2, 0.25) is 11.8 Å². The maximum Gasteiger partial charge on any atom is 0.327 e. The molecule has 2 saturated heterocycles. The highest BCUT2D eigenvalue weighted by atomic mass is 32.2. The van der Waals surface area contributed by atoms with E-state index < -0.39 is 18.1 Å². The van der Waals surface area contributed by atoms with Crippen molar-refractivity contribution in [3.05, 3.63) is 0 Å². The van der Waals surface area contributed by atoms with Gasteiger partial charge in [-0.2, -0.15) is 0 Å². The Hall–Kier alpha value is -1.24. The minimum atomic E-state index is -0.984. The number of amides is 2. The third kappa shape index (κ3) is 1.99. The molecule has 88 valence electrons. The summed E-state index contributed by atoms with van der Waals surface area (Å²) in [7, 11) is 0. The molecule has 6 nitrogen and oxygen atoms in total. The van der Waals surface area contributed by atoms with Crippen LogP contribution in [0.3, 0.4) is 0 Å². The molecule has 2 atom stereocenters. The number of rotatable bonds is 2. The highest BCUT2D eigenvalue weighted by molar-refractivity contribution is 7.99. The highest BCUT2D eigenvalue weighted by Crippen LogP contribution is 2.23. The molecule has 1 unspecified atom stereocenters. The van der Waals surface area contributed by atoms with Gasteiger partial charge in [-0.1, -0.05) is 0 Å². The molecular weight excluding hydrogens is 232 g/mol. The smallest absolute Gasteiger partial charge is 0.327 e. The monoisotopic (exact) mass is 244 g/mol. The first kappa shape index (κ1) is 11.3. The molecule has 2 rings (SSSR count). The van der Waals surface area contributed by atoms with Crippen LogP contribution < -0.4 is 5.32 Å². The van der Waals surface area contributed by atoms with E-state index in [1.807, 2.05) is 0 Å². The van der Waals surface area contributed by atoms with Crippen molar-refractivity contribution in [3.8, 4) is 0 Å². The van der Waals surface area contributed by atoms with Crippen LogP contribution in [-0.4, -0.2) is 51.5 Å². The number of nitrogens with zero attached hydrogens (tertiary/aromatic N) is 1. The molecule has 0 aromatic carbocycles. The lowest BCUT2D eigenvalue weighted by Crippen LogP contribution is -2.49. The van der Waals surface area contributed by atoms with E-state index in [-0.39, 0.29) is 11.8 Å². The Labute approximate surface area is 96.4 Å². The van der Waals surface area contributed by atoms with Gasteiger partial charge >= 0.3 is 5.97 Å². The minimum Gasteiger partial charge on any atom is -0.480 e. The van der Waals surface area contributed by atoms with Crippen LogP contribution in [0.2, 0.25) is 0 Å². The lowest BCUT2D eigenvalue weighted by atomic mass is 10.2. The van der Waals surface area contributed by atoms with Crippen molar-refractivity contribution in [3.63, 3.8) is 0 Å². The van der Waals surface area contributed by atoms with Gasteiger partial charge in [0.25, 0.3) is 0 Å². The molecule has 2 fully saturated rings. The van der Waals surface area contributed by atoms with Gasteiger partial charge in [-0.25, -0.2) is 4.79 Å². The summed E-state index contributed by atoms with van der Waals surface area (Å²) in [5, 5.41) is 11.5. The zero-order valence-corrected chi connectivity index (χ0v) is 9.33. The topological polar surface area (TPSA) is 86.7 Å². The minimum absolute atomic E-state index is 0.142. The van der Waals surface area contributed by atoms with Gasteiger partial charge in [-0.05, 0) is 6.42 Å². The largest absolute Gasteiger partial charge is 0.480 e. The number of hydrogen-bond acceptors (Lipinski definition) is 4. The number of carbonyl (C=O) groups is 3. The Morgan fingerprint density at radius 2 is 2.25 bits per heavy atom. The van der Waals surface area contributed by atoms with E-state index in [1.54, 1.807) is 0 Å². The van der Waals surface area contributed by atoms with Crippen LogP contribution in [0.15, 0.2) is 0 Å². The van der Waals surface area contributed by atoms with Crippen molar-refractivity contribution >= 4 is 29.5 Å². The first-order chi connectivity index (χ1) is 7.59. The Kier molecular flexibility index (Phi) is 3.04. The maximum absolute atomic E-state index is 11.9. The average Bonchev–Trinajstić information content (AvgIpc) is 2.84. The standard InChI is InChI=1S/C9H12N2O4S/c12-7-2-1-5(10-7)8(13)11-4-16-3-6(11)9(14)15/h5-6H,1-4H2,(H,10,12)(H,14,15)/t5-,6?/m1/s1. The molecule has 0 radical (unpaired) electrons. The van der Waals surface area contributed by atoms with Crippen LogP contribution in [0.5, 0.6) is 0 Å². The fourth-order valence-corrected chi connectivity index (χ4v) is 3.02. The Balaban J connectivity index is 2.03. The molecule has 0 saturated carbocycles. The molecule has 16 heavy (non-hydrogen) atoms. The van der Waals surface area contributed by atoms with E-state index in [0.717, 1.165) is 0 Å². The van der Waals surface area contributed by atoms with E-state index in [4.69, 9.17) is 5.11 Å². The number of carbonyl (C=O) groups excluding carboxylic acids is 2. The van der Waals surface area contributed by atoms with E-state index >= 15 is 0 Å². The summed E-state index contributed by atoms with van der Waals surface area (Å²) in [6.45, 7) is 0. The summed E-state index contributed by atoms with van der Waals surface area (Å²) < 4.78 is 0. The molecule has 2 aliphatic heterocycles.